The van der Waals surface area contributed by atoms with E-state index < -0.39 is 40.0 Å². The molecule has 0 saturated carbocycles. The highest BCUT2D eigenvalue weighted by Gasteiger charge is 2.36. The molecule has 0 bridgehead atoms. The maximum Gasteiger partial charge on any atom is 0.232 e. The molecule has 0 aliphatic heterocycles. The number of carbonyl (C=O) groups excluding carboxylic acids is 2. The van der Waals surface area contributed by atoms with Crippen molar-refractivity contribution in [2.75, 3.05) is 14.2 Å². The molecule has 1 aliphatic rings. The first-order chi connectivity index (χ1) is 8.93. The number of rotatable bonds is 2. The summed E-state index contributed by atoms with van der Waals surface area (Å²) in [6, 6.07) is 0. The number of hydrogen-bond acceptors (Lipinski definition) is 7. The zero-order valence-corrected chi connectivity index (χ0v) is 10.1. The molecule has 1 aromatic rings. The maximum absolute atomic E-state index is 11.8. The van der Waals surface area contributed by atoms with Crippen LogP contribution in [0, 0.1) is 0 Å². The van der Waals surface area contributed by atoms with Crippen LogP contribution in [0.3, 0.4) is 0 Å². The second-order valence-electron chi connectivity index (χ2n) is 3.74. The van der Waals surface area contributed by atoms with Crippen molar-refractivity contribution in [3.05, 3.63) is 23.0 Å². The predicted octanol–water partition coefficient (Wildman–Crippen LogP) is 0.936. The summed E-state index contributed by atoms with van der Waals surface area (Å²) < 4.78 is 9.68. The van der Waals surface area contributed by atoms with Crippen LogP contribution in [0.25, 0.3) is 0 Å². The molecule has 7 nitrogen and oxygen atoms in total. The highest BCUT2D eigenvalue weighted by Crippen LogP contribution is 2.50. The minimum atomic E-state index is -0.983. The highest BCUT2D eigenvalue weighted by molar-refractivity contribution is 6.26. The molecule has 0 unspecified atom stereocenters. The van der Waals surface area contributed by atoms with Gasteiger partial charge in [-0.3, -0.25) is 9.59 Å². The highest BCUT2D eigenvalue weighted by atomic mass is 16.5. The van der Waals surface area contributed by atoms with Crippen LogP contribution >= 0.6 is 0 Å². The molecule has 19 heavy (non-hydrogen) atoms. The smallest absolute Gasteiger partial charge is 0.232 e. The number of aliphatic hydroxyl groups is 1. The van der Waals surface area contributed by atoms with Crippen LogP contribution in [0.5, 0.6) is 23.0 Å². The topological polar surface area (TPSA) is 113 Å². The molecule has 0 amide bonds. The molecular weight excluding hydrogens is 256 g/mol. The molecule has 0 spiro atoms. The minimum absolute atomic E-state index is 0.269. The van der Waals surface area contributed by atoms with Crippen molar-refractivity contribution < 1.29 is 34.4 Å². The van der Waals surface area contributed by atoms with Crippen molar-refractivity contribution >= 4 is 11.6 Å². The first-order valence-electron chi connectivity index (χ1n) is 5.13. The van der Waals surface area contributed by atoms with Gasteiger partial charge in [-0.25, -0.2) is 0 Å². The molecule has 1 aromatic carbocycles. The van der Waals surface area contributed by atoms with E-state index in [1.54, 1.807) is 0 Å². The Morgan fingerprint density at radius 1 is 0.895 bits per heavy atom. The Morgan fingerprint density at radius 3 is 1.84 bits per heavy atom. The number of aromatic hydroxyl groups is 2. The van der Waals surface area contributed by atoms with Gasteiger partial charge in [-0.15, -0.1) is 0 Å². The normalized spacial score (nSPS) is 13.9. The molecule has 0 aromatic heterocycles. The van der Waals surface area contributed by atoms with E-state index in [-0.39, 0.29) is 11.5 Å². The third-order valence-corrected chi connectivity index (χ3v) is 2.74. The lowest BCUT2D eigenvalue weighted by Crippen LogP contribution is -2.18. The maximum atomic E-state index is 11.8. The Balaban J connectivity index is 2.91. The van der Waals surface area contributed by atoms with Gasteiger partial charge in [-0.2, -0.15) is 0 Å². The van der Waals surface area contributed by atoms with Gasteiger partial charge in [-0.05, 0) is 0 Å². The minimum Gasteiger partial charge on any atom is -0.504 e. The number of ether oxygens (including phenoxy) is 2. The van der Waals surface area contributed by atoms with Gasteiger partial charge < -0.3 is 24.8 Å². The molecule has 0 fully saturated rings. The third-order valence-electron chi connectivity index (χ3n) is 2.74. The number of hydrogen-bond donors (Lipinski definition) is 3. The lowest BCUT2D eigenvalue weighted by molar-refractivity contribution is 0.0933. The third kappa shape index (κ3) is 1.59. The molecule has 0 atom stereocenters. The number of methoxy groups -OCH3 is 2. The molecule has 3 N–H and O–H groups in total. The number of fused-ring (bicyclic) bond motifs is 1. The summed E-state index contributed by atoms with van der Waals surface area (Å²) in [7, 11) is 2.39. The van der Waals surface area contributed by atoms with E-state index in [0.717, 1.165) is 0 Å². The summed E-state index contributed by atoms with van der Waals surface area (Å²) in [6.07, 6.45) is 0.662. The van der Waals surface area contributed by atoms with Crippen molar-refractivity contribution in [2.45, 2.75) is 0 Å². The first-order valence-corrected chi connectivity index (χ1v) is 5.13. The van der Waals surface area contributed by atoms with Gasteiger partial charge in [0, 0.05) is 6.08 Å². The van der Waals surface area contributed by atoms with Crippen LogP contribution in [0.4, 0.5) is 0 Å². The second kappa shape index (κ2) is 4.20. The SMILES string of the molecule is COc1c(O)c2c(c(O)c1OC)C(=O)C(O)=CC2=O. The number of phenols is 2. The molecule has 1 aliphatic carbocycles. The van der Waals surface area contributed by atoms with Gasteiger partial charge in [-0.1, -0.05) is 0 Å². The summed E-state index contributed by atoms with van der Waals surface area (Å²) in [5.74, 6) is -4.49. The molecule has 7 heteroatoms. The average Bonchev–Trinajstić information content (AvgIpc) is 2.37. The number of benzene rings is 1. The number of Topliss-reactive ketones (excluding diaryl/α,β-unsaturated/α-hetero) is 1. The van der Waals surface area contributed by atoms with Crippen LogP contribution in [0.1, 0.15) is 20.7 Å². The van der Waals surface area contributed by atoms with E-state index in [1.165, 1.54) is 14.2 Å². The molecule has 0 heterocycles. The van der Waals surface area contributed by atoms with E-state index in [1.807, 2.05) is 0 Å². The van der Waals surface area contributed by atoms with Crippen LogP contribution in [-0.4, -0.2) is 41.1 Å². The molecule has 0 saturated heterocycles. The van der Waals surface area contributed by atoms with Gasteiger partial charge in [0.1, 0.15) is 0 Å². The fourth-order valence-corrected chi connectivity index (χ4v) is 1.91. The summed E-state index contributed by atoms with van der Waals surface area (Å²) in [6.45, 7) is 0. The van der Waals surface area contributed by atoms with Gasteiger partial charge in [0.15, 0.2) is 23.0 Å². The van der Waals surface area contributed by atoms with Crippen molar-refractivity contribution in [1.29, 1.82) is 0 Å². The van der Waals surface area contributed by atoms with Crippen molar-refractivity contribution in [1.82, 2.24) is 0 Å². The summed E-state index contributed by atoms with van der Waals surface area (Å²) >= 11 is 0. The van der Waals surface area contributed by atoms with Gasteiger partial charge in [0.25, 0.3) is 0 Å². The van der Waals surface area contributed by atoms with Gasteiger partial charge in [0.2, 0.25) is 17.3 Å². The largest absolute Gasteiger partial charge is 0.504 e. The number of carbonyl (C=O) groups is 2. The Kier molecular flexibility index (Phi) is 2.82. The van der Waals surface area contributed by atoms with Crippen LogP contribution in [0.15, 0.2) is 11.8 Å². The summed E-state index contributed by atoms with van der Waals surface area (Å²) in [5.41, 5.74) is -0.946. The van der Waals surface area contributed by atoms with Gasteiger partial charge in [0.05, 0.1) is 25.3 Å². The molecule has 2 rings (SSSR count). The fraction of sp³-hybridized carbons (Fsp3) is 0.167. The molecule has 100 valence electrons. The van der Waals surface area contributed by atoms with E-state index >= 15 is 0 Å². The predicted molar refractivity (Wildman–Crippen MR) is 62.2 cm³/mol. The van der Waals surface area contributed by atoms with Crippen molar-refractivity contribution in [3.63, 3.8) is 0 Å². The number of allylic oxidation sites excluding steroid dienone is 2. The summed E-state index contributed by atoms with van der Waals surface area (Å²) in [5, 5.41) is 29.2. The lowest BCUT2D eigenvalue weighted by atomic mass is 9.91. The average molecular weight is 266 g/mol. The standard InChI is InChI=1S/C12H10O7/c1-18-11-9(16)6-4(13)3-5(14)8(15)7(6)10(17)12(11)19-2/h3,14,16-17H,1-2H3. The Labute approximate surface area is 107 Å². The Morgan fingerprint density at radius 2 is 1.37 bits per heavy atom. The van der Waals surface area contributed by atoms with E-state index in [2.05, 4.69) is 0 Å². The Hall–Kier alpha value is -2.70. The Bertz CT molecular complexity index is 628. The van der Waals surface area contributed by atoms with E-state index in [9.17, 15) is 24.9 Å². The van der Waals surface area contributed by atoms with E-state index in [4.69, 9.17) is 9.47 Å². The first kappa shape index (κ1) is 12.7. The van der Waals surface area contributed by atoms with Crippen molar-refractivity contribution in [3.8, 4) is 23.0 Å². The van der Waals surface area contributed by atoms with Crippen LogP contribution in [0.2, 0.25) is 0 Å². The van der Waals surface area contributed by atoms with Gasteiger partial charge >= 0.3 is 0 Å². The monoisotopic (exact) mass is 266 g/mol. The molecular formula is C12H10O7. The second-order valence-corrected chi connectivity index (χ2v) is 3.74. The van der Waals surface area contributed by atoms with Crippen LogP contribution < -0.4 is 9.47 Å². The number of aliphatic hydroxyl groups excluding tert-OH is 1. The lowest BCUT2D eigenvalue weighted by Gasteiger charge is -2.19. The van der Waals surface area contributed by atoms with Crippen molar-refractivity contribution in [2.24, 2.45) is 0 Å². The zero-order valence-electron chi connectivity index (χ0n) is 10.1. The molecule has 0 radical (unpaired) electrons. The fourth-order valence-electron chi connectivity index (χ4n) is 1.91. The van der Waals surface area contributed by atoms with E-state index in [0.29, 0.717) is 6.08 Å². The van der Waals surface area contributed by atoms with Crippen LogP contribution in [-0.2, 0) is 0 Å². The quantitative estimate of drug-likeness (QED) is 0.682. The number of ketones is 2. The summed E-state index contributed by atoms with van der Waals surface area (Å²) in [4.78, 5) is 23.5. The number of phenolic OH excluding ortho intramolecular Hbond substituents is 2. The zero-order chi connectivity index (χ0) is 14.3.